The van der Waals surface area contributed by atoms with E-state index < -0.39 is 0 Å². The second-order valence-corrected chi connectivity index (χ2v) is 5.70. The third kappa shape index (κ3) is 5.31. The molecule has 2 nitrogen and oxygen atoms in total. The van der Waals surface area contributed by atoms with Crippen LogP contribution in [0, 0.1) is 0 Å². The topological polar surface area (TPSA) is 38.0 Å². The van der Waals surface area contributed by atoms with E-state index in [0.717, 1.165) is 6.54 Å². The van der Waals surface area contributed by atoms with E-state index >= 15 is 0 Å². The highest BCUT2D eigenvalue weighted by molar-refractivity contribution is 4.89. The summed E-state index contributed by atoms with van der Waals surface area (Å²) in [6, 6.07) is 0.633. The van der Waals surface area contributed by atoms with Crippen molar-refractivity contribution in [3.63, 3.8) is 0 Å². The minimum absolute atomic E-state index is 0.0945. The van der Waals surface area contributed by atoms with E-state index in [2.05, 4.69) is 19.2 Å². The molecule has 0 radical (unpaired) electrons. The van der Waals surface area contributed by atoms with E-state index in [0.29, 0.717) is 6.04 Å². The van der Waals surface area contributed by atoms with Crippen molar-refractivity contribution in [2.75, 3.05) is 6.54 Å². The average molecular weight is 226 g/mol. The summed E-state index contributed by atoms with van der Waals surface area (Å²) in [6.45, 7) is 5.57. The van der Waals surface area contributed by atoms with Crippen molar-refractivity contribution < 1.29 is 0 Å². The maximum Gasteiger partial charge on any atom is 0.0280 e. The van der Waals surface area contributed by atoms with E-state index in [-0.39, 0.29) is 5.54 Å². The van der Waals surface area contributed by atoms with E-state index in [1.54, 1.807) is 0 Å². The third-order valence-corrected chi connectivity index (χ3v) is 3.89. The molecule has 0 aromatic heterocycles. The fourth-order valence-corrected chi connectivity index (χ4v) is 2.61. The number of nitrogens with one attached hydrogen (secondary N) is 1. The van der Waals surface area contributed by atoms with E-state index in [4.69, 9.17) is 5.73 Å². The molecule has 0 saturated heterocycles. The van der Waals surface area contributed by atoms with Gasteiger partial charge in [-0.15, -0.1) is 0 Å². The summed E-state index contributed by atoms with van der Waals surface area (Å²) in [5, 5.41) is 3.63. The minimum Gasteiger partial charge on any atom is -0.324 e. The van der Waals surface area contributed by atoms with E-state index in [9.17, 15) is 0 Å². The molecular formula is C14H30N2. The van der Waals surface area contributed by atoms with E-state index in [1.807, 2.05) is 0 Å². The summed E-state index contributed by atoms with van der Waals surface area (Å²) >= 11 is 0. The zero-order valence-electron chi connectivity index (χ0n) is 11.2. The molecule has 1 aliphatic rings. The summed E-state index contributed by atoms with van der Waals surface area (Å²) in [4.78, 5) is 0. The quantitative estimate of drug-likeness (QED) is 0.654. The minimum atomic E-state index is 0.0945. The normalized spacial score (nSPS) is 21.9. The van der Waals surface area contributed by atoms with Crippen molar-refractivity contribution in [3.8, 4) is 0 Å². The van der Waals surface area contributed by atoms with Gasteiger partial charge in [-0.25, -0.2) is 0 Å². The van der Waals surface area contributed by atoms with Crippen LogP contribution in [0.2, 0.25) is 0 Å². The van der Waals surface area contributed by atoms with Gasteiger partial charge in [-0.05, 0) is 26.2 Å². The van der Waals surface area contributed by atoms with Crippen LogP contribution in [-0.4, -0.2) is 18.1 Å². The van der Waals surface area contributed by atoms with Crippen LogP contribution in [0.15, 0.2) is 0 Å². The van der Waals surface area contributed by atoms with Crippen molar-refractivity contribution in [2.45, 2.75) is 83.2 Å². The fraction of sp³-hybridized carbons (Fsp3) is 1.00. The predicted octanol–water partition coefficient (Wildman–Crippen LogP) is 3.21. The SMILES string of the molecule is CCCCCC(C)NCC1(N)CCCCC1. The lowest BCUT2D eigenvalue weighted by molar-refractivity contribution is 0.272. The molecule has 0 amide bonds. The van der Waals surface area contributed by atoms with Crippen LogP contribution >= 0.6 is 0 Å². The molecule has 0 spiro atoms. The van der Waals surface area contributed by atoms with Gasteiger partial charge >= 0.3 is 0 Å². The van der Waals surface area contributed by atoms with Crippen LogP contribution in [0.3, 0.4) is 0 Å². The molecule has 0 heterocycles. The largest absolute Gasteiger partial charge is 0.324 e. The lowest BCUT2D eigenvalue weighted by Crippen LogP contribution is -2.51. The van der Waals surface area contributed by atoms with Crippen LogP contribution in [0.5, 0.6) is 0 Å². The Morgan fingerprint density at radius 2 is 1.88 bits per heavy atom. The number of unbranched alkanes of at least 4 members (excludes halogenated alkanes) is 2. The van der Waals surface area contributed by atoms with Crippen LogP contribution in [0.25, 0.3) is 0 Å². The molecule has 1 unspecified atom stereocenters. The number of rotatable bonds is 7. The Labute approximate surface area is 101 Å². The molecule has 1 atom stereocenters. The van der Waals surface area contributed by atoms with Gasteiger partial charge in [-0.3, -0.25) is 0 Å². The Morgan fingerprint density at radius 1 is 1.19 bits per heavy atom. The van der Waals surface area contributed by atoms with Crippen molar-refractivity contribution in [3.05, 3.63) is 0 Å². The summed E-state index contributed by atoms with van der Waals surface area (Å²) in [5.74, 6) is 0. The predicted molar refractivity (Wildman–Crippen MR) is 71.6 cm³/mol. The van der Waals surface area contributed by atoms with Gasteiger partial charge < -0.3 is 11.1 Å². The van der Waals surface area contributed by atoms with E-state index in [1.165, 1.54) is 57.8 Å². The first-order valence-corrected chi connectivity index (χ1v) is 7.18. The lowest BCUT2D eigenvalue weighted by atomic mass is 9.82. The van der Waals surface area contributed by atoms with Crippen molar-refractivity contribution in [2.24, 2.45) is 5.73 Å². The first-order valence-electron chi connectivity index (χ1n) is 7.18. The molecule has 2 heteroatoms. The second kappa shape index (κ2) is 7.29. The van der Waals surface area contributed by atoms with Crippen molar-refractivity contribution >= 4 is 0 Å². The second-order valence-electron chi connectivity index (χ2n) is 5.70. The summed E-state index contributed by atoms with van der Waals surface area (Å²) in [7, 11) is 0. The Hall–Kier alpha value is -0.0800. The summed E-state index contributed by atoms with van der Waals surface area (Å²) < 4.78 is 0. The molecule has 0 bridgehead atoms. The molecule has 3 N–H and O–H groups in total. The Bertz CT molecular complexity index is 174. The van der Waals surface area contributed by atoms with Gasteiger partial charge in [0.2, 0.25) is 0 Å². The van der Waals surface area contributed by atoms with Crippen molar-refractivity contribution in [1.29, 1.82) is 0 Å². The Kier molecular flexibility index (Phi) is 6.37. The molecule has 1 saturated carbocycles. The van der Waals surface area contributed by atoms with Gasteiger partial charge in [0.15, 0.2) is 0 Å². The molecule has 1 fully saturated rings. The van der Waals surface area contributed by atoms with Crippen LogP contribution in [0.4, 0.5) is 0 Å². The summed E-state index contributed by atoms with van der Waals surface area (Å²) in [5.41, 5.74) is 6.49. The first kappa shape index (κ1) is 14.0. The van der Waals surface area contributed by atoms with Crippen LogP contribution < -0.4 is 11.1 Å². The highest BCUT2D eigenvalue weighted by Gasteiger charge is 2.27. The van der Waals surface area contributed by atoms with Gasteiger partial charge in [0.1, 0.15) is 0 Å². The molecule has 1 aliphatic carbocycles. The fourth-order valence-electron chi connectivity index (χ4n) is 2.61. The molecular weight excluding hydrogens is 196 g/mol. The smallest absolute Gasteiger partial charge is 0.0280 e. The van der Waals surface area contributed by atoms with Gasteiger partial charge in [0.25, 0.3) is 0 Å². The Balaban J connectivity index is 2.12. The molecule has 96 valence electrons. The maximum atomic E-state index is 6.40. The maximum absolute atomic E-state index is 6.40. The Morgan fingerprint density at radius 3 is 2.50 bits per heavy atom. The van der Waals surface area contributed by atoms with Crippen LogP contribution in [-0.2, 0) is 0 Å². The van der Waals surface area contributed by atoms with Crippen LogP contribution in [0.1, 0.15) is 71.6 Å². The first-order chi connectivity index (χ1) is 7.66. The van der Waals surface area contributed by atoms with Crippen molar-refractivity contribution in [1.82, 2.24) is 5.32 Å². The molecule has 0 aliphatic heterocycles. The zero-order chi connectivity index (χ0) is 11.9. The van der Waals surface area contributed by atoms with Gasteiger partial charge in [0.05, 0.1) is 0 Å². The van der Waals surface area contributed by atoms with Gasteiger partial charge in [0, 0.05) is 18.1 Å². The standard InChI is InChI=1S/C14H30N2/c1-3-4-6-9-13(2)16-12-14(15)10-7-5-8-11-14/h13,16H,3-12,15H2,1-2H3. The molecule has 16 heavy (non-hydrogen) atoms. The highest BCUT2D eigenvalue weighted by Crippen LogP contribution is 2.25. The third-order valence-electron chi connectivity index (χ3n) is 3.89. The molecule has 1 rings (SSSR count). The van der Waals surface area contributed by atoms with Gasteiger partial charge in [-0.1, -0.05) is 45.4 Å². The molecule has 0 aromatic rings. The number of hydrogen-bond acceptors (Lipinski definition) is 2. The zero-order valence-corrected chi connectivity index (χ0v) is 11.2. The highest BCUT2D eigenvalue weighted by atomic mass is 15.0. The summed E-state index contributed by atoms with van der Waals surface area (Å²) in [6.07, 6.45) is 11.8. The van der Waals surface area contributed by atoms with Gasteiger partial charge in [-0.2, -0.15) is 0 Å². The number of nitrogens with two attached hydrogens (primary N) is 1. The lowest BCUT2D eigenvalue weighted by Gasteiger charge is -2.34. The number of hydrogen-bond donors (Lipinski definition) is 2. The molecule has 0 aromatic carbocycles. The monoisotopic (exact) mass is 226 g/mol. The average Bonchev–Trinajstić information content (AvgIpc) is 2.28.